The van der Waals surface area contributed by atoms with Gasteiger partial charge in [-0.2, -0.15) is 4.68 Å². The fraction of sp³-hybridized carbons (Fsp3) is 0.0588. The number of aromatic nitrogens is 5. The van der Waals surface area contributed by atoms with Gasteiger partial charge in [-0.15, -0.1) is 5.10 Å². The van der Waals surface area contributed by atoms with Crippen LogP contribution in [0.25, 0.3) is 17.1 Å². The molecule has 0 aliphatic heterocycles. The second-order valence-electron chi connectivity index (χ2n) is 5.41. The smallest absolute Gasteiger partial charge is 0.243 e. The predicted molar refractivity (Wildman–Crippen MR) is 94.8 cm³/mol. The molecule has 2 aromatic carbocycles. The van der Waals surface area contributed by atoms with E-state index in [-0.39, 0.29) is 11.6 Å². The van der Waals surface area contributed by atoms with E-state index in [9.17, 15) is 0 Å². The molecule has 0 unspecified atom stereocenters. The maximum absolute atomic E-state index is 6.16. The fourth-order valence-electron chi connectivity index (χ4n) is 2.45. The number of nitrogens with two attached hydrogens (primary N) is 1. The van der Waals surface area contributed by atoms with Crippen molar-refractivity contribution >= 4 is 17.4 Å². The standard InChI is InChI=1S/C17H13ClN6O2/c18-14-7-2-1-4-12(14)10-25-13-6-3-5-11(8-13)15-9-20-23-24(15)17-16(19)21-26-22-17/h1-9H,10H2,(H2,19,21). The normalized spacial score (nSPS) is 10.8. The van der Waals surface area contributed by atoms with E-state index < -0.39 is 0 Å². The zero-order valence-corrected chi connectivity index (χ0v) is 14.2. The van der Waals surface area contributed by atoms with Gasteiger partial charge in [-0.25, -0.2) is 4.63 Å². The maximum atomic E-state index is 6.16. The van der Waals surface area contributed by atoms with Crippen LogP contribution in [0.2, 0.25) is 5.02 Å². The summed E-state index contributed by atoms with van der Waals surface area (Å²) in [6, 6.07) is 15.1. The predicted octanol–water partition coefficient (Wildman–Crippen LogP) is 3.13. The van der Waals surface area contributed by atoms with Gasteiger partial charge >= 0.3 is 0 Å². The Labute approximate surface area is 153 Å². The summed E-state index contributed by atoms with van der Waals surface area (Å²) in [5.74, 6) is 1.09. The third kappa shape index (κ3) is 3.09. The Kier molecular flexibility index (Phi) is 4.24. The molecule has 4 rings (SSSR count). The summed E-state index contributed by atoms with van der Waals surface area (Å²) in [5, 5.41) is 15.9. The minimum Gasteiger partial charge on any atom is -0.489 e. The van der Waals surface area contributed by atoms with Gasteiger partial charge in [0.05, 0.1) is 11.9 Å². The van der Waals surface area contributed by atoms with E-state index in [1.807, 2.05) is 48.5 Å². The van der Waals surface area contributed by atoms with Crippen molar-refractivity contribution in [3.63, 3.8) is 0 Å². The number of rotatable bonds is 5. The van der Waals surface area contributed by atoms with E-state index >= 15 is 0 Å². The number of hydrogen-bond donors (Lipinski definition) is 1. The Bertz CT molecular complexity index is 1040. The van der Waals surface area contributed by atoms with Crippen molar-refractivity contribution < 1.29 is 9.37 Å². The van der Waals surface area contributed by atoms with E-state index in [4.69, 9.17) is 22.1 Å². The lowest BCUT2D eigenvalue weighted by Crippen LogP contribution is -2.03. The quantitative estimate of drug-likeness (QED) is 0.576. The number of ether oxygens (including phenoxy) is 1. The summed E-state index contributed by atoms with van der Waals surface area (Å²) in [5.41, 5.74) is 8.16. The van der Waals surface area contributed by atoms with Gasteiger partial charge in [-0.05, 0) is 28.5 Å². The van der Waals surface area contributed by atoms with E-state index in [0.29, 0.717) is 23.1 Å². The lowest BCUT2D eigenvalue weighted by Gasteiger charge is -2.09. The third-order valence-electron chi connectivity index (χ3n) is 3.73. The Morgan fingerprint density at radius 1 is 1.12 bits per heavy atom. The molecular formula is C17H13ClN6O2. The molecular weight excluding hydrogens is 356 g/mol. The highest BCUT2D eigenvalue weighted by Gasteiger charge is 2.16. The van der Waals surface area contributed by atoms with Gasteiger partial charge in [0, 0.05) is 16.1 Å². The number of nitrogens with zero attached hydrogens (tertiary/aromatic N) is 5. The molecule has 0 saturated heterocycles. The molecule has 0 radical (unpaired) electrons. The van der Waals surface area contributed by atoms with E-state index in [0.717, 1.165) is 11.1 Å². The molecule has 0 aliphatic carbocycles. The average Bonchev–Trinajstić information content (AvgIpc) is 3.30. The molecule has 0 amide bonds. The van der Waals surface area contributed by atoms with Crippen molar-refractivity contribution in [2.45, 2.75) is 6.61 Å². The molecule has 0 atom stereocenters. The molecule has 2 aromatic heterocycles. The van der Waals surface area contributed by atoms with Crippen LogP contribution in [0.4, 0.5) is 5.82 Å². The average molecular weight is 369 g/mol. The molecule has 0 bridgehead atoms. The van der Waals surface area contributed by atoms with Gasteiger partial charge in [-0.1, -0.05) is 47.1 Å². The van der Waals surface area contributed by atoms with Gasteiger partial charge in [0.15, 0.2) is 0 Å². The highest BCUT2D eigenvalue weighted by atomic mass is 35.5. The summed E-state index contributed by atoms with van der Waals surface area (Å²) in [7, 11) is 0. The summed E-state index contributed by atoms with van der Waals surface area (Å²) in [6.45, 7) is 0.362. The molecule has 9 heteroatoms. The molecule has 0 fully saturated rings. The maximum Gasteiger partial charge on any atom is 0.243 e. The summed E-state index contributed by atoms with van der Waals surface area (Å²) in [6.07, 6.45) is 1.60. The van der Waals surface area contributed by atoms with Crippen molar-refractivity contribution in [2.75, 3.05) is 5.73 Å². The van der Waals surface area contributed by atoms with Crippen molar-refractivity contribution in [3.05, 3.63) is 65.3 Å². The van der Waals surface area contributed by atoms with E-state index in [1.165, 1.54) is 4.68 Å². The number of anilines is 1. The topological polar surface area (TPSA) is 105 Å². The van der Waals surface area contributed by atoms with Crippen LogP contribution >= 0.6 is 11.6 Å². The van der Waals surface area contributed by atoms with Crippen molar-refractivity contribution in [2.24, 2.45) is 0 Å². The van der Waals surface area contributed by atoms with Crippen LogP contribution in [0.1, 0.15) is 5.56 Å². The second kappa shape index (κ2) is 6.85. The van der Waals surface area contributed by atoms with Crippen LogP contribution in [-0.2, 0) is 6.61 Å². The second-order valence-corrected chi connectivity index (χ2v) is 5.82. The number of nitrogen functional groups attached to an aromatic ring is 1. The molecule has 8 nitrogen and oxygen atoms in total. The Balaban J connectivity index is 1.60. The first kappa shape index (κ1) is 16.1. The van der Waals surface area contributed by atoms with Gasteiger partial charge < -0.3 is 10.5 Å². The Morgan fingerprint density at radius 3 is 2.81 bits per heavy atom. The molecule has 26 heavy (non-hydrogen) atoms. The molecule has 2 N–H and O–H groups in total. The van der Waals surface area contributed by atoms with Gasteiger partial charge in [0.25, 0.3) is 0 Å². The lowest BCUT2D eigenvalue weighted by molar-refractivity contribution is 0.306. The minimum atomic E-state index is 0.128. The lowest BCUT2D eigenvalue weighted by atomic mass is 10.1. The van der Waals surface area contributed by atoms with E-state index in [2.05, 4.69) is 25.3 Å². The monoisotopic (exact) mass is 368 g/mol. The van der Waals surface area contributed by atoms with Crippen LogP contribution in [0.5, 0.6) is 5.75 Å². The van der Waals surface area contributed by atoms with Crippen LogP contribution < -0.4 is 10.5 Å². The van der Waals surface area contributed by atoms with Crippen molar-refractivity contribution in [3.8, 4) is 22.8 Å². The minimum absolute atomic E-state index is 0.128. The first-order valence-electron chi connectivity index (χ1n) is 7.68. The Morgan fingerprint density at radius 2 is 2.00 bits per heavy atom. The van der Waals surface area contributed by atoms with Gasteiger partial charge in [0.2, 0.25) is 11.6 Å². The fourth-order valence-corrected chi connectivity index (χ4v) is 2.64. The molecule has 0 aliphatic rings. The molecule has 2 heterocycles. The number of halogens is 1. The third-order valence-corrected chi connectivity index (χ3v) is 4.10. The Hall–Kier alpha value is -3.39. The van der Waals surface area contributed by atoms with Crippen LogP contribution in [0, 0.1) is 0 Å². The summed E-state index contributed by atoms with van der Waals surface area (Å²) >= 11 is 6.16. The molecule has 0 spiro atoms. The van der Waals surface area contributed by atoms with Crippen molar-refractivity contribution in [1.29, 1.82) is 0 Å². The summed E-state index contributed by atoms with van der Waals surface area (Å²) in [4.78, 5) is 0. The van der Waals surface area contributed by atoms with Crippen LogP contribution in [0.15, 0.2) is 59.4 Å². The van der Waals surface area contributed by atoms with Crippen LogP contribution in [0.3, 0.4) is 0 Å². The van der Waals surface area contributed by atoms with Gasteiger partial charge in [-0.3, -0.25) is 0 Å². The molecule has 130 valence electrons. The SMILES string of the molecule is Nc1nonc1-n1nncc1-c1cccc(OCc2ccccc2Cl)c1. The summed E-state index contributed by atoms with van der Waals surface area (Å²) < 4.78 is 11.9. The highest BCUT2D eigenvalue weighted by molar-refractivity contribution is 6.31. The first-order chi connectivity index (χ1) is 12.7. The number of hydrogen-bond acceptors (Lipinski definition) is 7. The van der Waals surface area contributed by atoms with E-state index in [1.54, 1.807) is 6.20 Å². The zero-order valence-electron chi connectivity index (χ0n) is 13.4. The van der Waals surface area contributed by atoms with Gasteiger partial charge in [0.1, 0.15) is 12.4 Å². The first-order valence-corrected chi connectivity index (χ1v) is 8.06. The number of benzene rings is 2. The molecule has 0 saturated carbocycles. The van der Waals surface area contributed by atoms with Crippen LogP contribution in [-0.4, -0.2) is 25.3 Å². The van der Waals surface area contributed by atoms with Crippen molar-refractivity contribution in [1.82, 2.24) is 25.3 Å². The zero-order chi connectivity index (χ0) is 17.9. The largest absolute Gasteiger partial charge is 0.489 e. The molecule has 4 aromatic rings. The highest BCUT2D eigenvalue weighted by Crippen LogP contribution is 2.27.